The molecule has 2 aromatic heterocycles. The Labute approximate surface area is 199 Å². The zero-order chi connectivity index (χ0) is 24.1. The van der Waals surface area contributed by atoms with E-state index in [-0.39, 0.29) is 10.7 Å². The van der Waals surface area contributed by atoms with Crippen LogP contribution in [0, 0.1) is 18.3 Å². The van der Waals surface area contributed by atoms with Crippen molar-refractivity contribution in [3.8, 4) is 28.0 Å². The van der Waals surface area contributed by atoms with Crippen molar-refractivity contribution in [3.63, 3.8) is 0 Å². The minimum atomic E-state index is -0.616. The zero-order valence-electron chi connectivity index (χ0n) is 18.2. The molecule has 0 unspecified atom stereocenters. The minimum absolute atomic E-state index is 0.144. The molecule has 34 heavy (non-hydrogen) atoms. The minimum Gasteiger partial charge on any atom is -0.465 e. The maximum atomic E-state index is 12.6. The van der Waals surface area contributed by atoms with E-state index in [9.17, 15) is 14.9 Å². The van der Waals surface area contributed by atoms with Crippen LogP contribution in [0.3, 0.4) is 0 Å². The average molecular weight is 471 g/mol. The van der Waals surface area contributed by atoms with E-state index in [0.29, 0.717) is 22.1 Å². The molecule has 9 heteroatoms. The van der Waals surface area contributed by atoms with Crippen LogP contribution in [0.1, 0.15) is 21.7 Å². The summed E-state index contributed by atoms with van der Waals surface area (Å²) in [5, 5.41) is 21.1. The van der Waals surface area contributed by atoms with Gasteiger partial charge in [-0.15, -0.1) is 10.2 Å². The van der Waals surface area contributed by atoms with E-state index < -0.39 is 11.9 Å². The molecule has 8 nitrogen and oxygen atoms in total. The van der Waals surface area contributed by atoms with Crippen molar-refractivity contribution in [1.29, 1.82) is 5.26 Å². The van der Waals surface area contributed by atoms with Crippen LogP contribution in [-0.4, -0.2) is 29.2 Å². The molecule has 2 aromatic carbocycles. The van der Waals surface area contributed by atoms with E-state index in [1.54, 1.807) is 36.4 Å². The number of aromatic nitrogens is 2. The fourth-order valence-electron chi connectivity index (χ4n) is 3.02. The molecule has 168 valence electrons. The number of benzene rings is 2. The number of aryl methyl sites for hydroxylation is 1. The Morgan fingerprint density at radius 1 is 1.03 bits per heavy atom. The van der Waals surface area contributed by atoms with Crippen LogP contribution in [0.15, 0.2) is 70.7 Å². The fraction of sp³-hybridized carbons (Fsp3) is 0.0800. The van der Waals surface area contributed by atoms with Crippen molar-refractivity contribution in [2.45, 2.75) is 6.92 Å². The maximum absolute atomic E-state index is 12.6. The van der Waals surface area contributed by atoms with Gasteiger partial charge in [-0.2, -0.15) is 5.26 Å². The molecule has 0 saturated heterocycles. The smallest absolute Gasteiger partial charge is 0.337 e. The Morgan fingerprint density at radius 3 is 2.41 bits per heavy atom. The van der Waals surface area contributed by atoms with Crippen LogP contribution < -0.4 is 5.32 Å². The molecule has 1 amide bonds. The summed E-state index contributed by atoms with van der Waals surface area (Å²) in [6.45, 7) is 1.99. The molecule has 4 rings (SSSR count). The van der Waals surface area contributed by atoms with Gasteiger partial charge in [0.25, 0.3) is 5.91 Å². The molecule has 0 radical (unpaired) electrons. The standard InChI is InChI=1S/C25H18N4O4S/c1-15-3-5-17(6-4-15)23-28-29-25(34-23)27-22(30)19(14-26)13-20-11-12-21(33-20)16-7-9-18(10-8-16)24(31)32-2/h3-13H,1-2H3,(H,27,29,30)/b19-13-. The third-order valence-electron chi connectivity index (χ3n) is 4.81. The topological polar surface area (TPSA) is 118 Å². The molecule has 0 fully saturated rings. The number of nitriles is 1. The van der Waals surface area contributed by atoms with Gasteiger partial charge in [-0.25, -0.2) is 4.79 Å². The van der Waals surface area contributed by atoms with Gasteiger partial charge in [-0.1, -0.05) is 53.3 Å². The largest absolute Gasteiger partial charge is 0.465 e. The molecule has 1 N–H and O–H groups in total. The van der Waals surface area contributed by atoms with Crippen molar-refractivity contribution < 1.29 is 18.7 Å². The van der Waals surface area contributed by atoms with Crippen LogP contribution >= 0.6 is 11.3 Å². The number of anilines is 1. The Hall–Kier alpha value is -4.55. The van der Waals surface area contributed by atoms with E-state index in [2.05, 4.69) is 20.3 Å². The second-order valence-corrected chi connectivity index (χ2v) is 8.15. The predicted octanol–water partition coefficient (Wildman–Crippen LogP) is 5.11. The van der Waals surface area contributed by atoms with Gasteiger partial charge in [0.15, 0.2) is 0 Å². The summed E-state index contributed by atoms with van der Waals surface area (Å²) in [6.07, 6.45) is 1.35. The van der Waals surface area contributed by atoms with Crippen molar-refractivity contribution in [3.05, 3.63) is 83.1 Å². The fourth-order valence-corrected chi connectivity index (χ4v) is 3.76. The molecule has 0 spiro atoms. The van der Waals surface area contributed by atoms with Crippen LogP contribution in [0.2, 0.25) is 0 Å². The first-order valence-electron chi connectivity index (χ1n) is 10.1. The van der Waals surface area contributed by atoms with Crippen molar-refractivity contribution in [2.75, 3.05) is 12.4 Å². The molecule has 0 aliphatic rings. The third-order valence-corrected chi connectivity index (χ3v) is 5.70. The van der Waals surface area contributed by atoms with Gasteiger partial charge in [0.05, 0.1) is 12.7 Å². The number of methoxy groups -OCH3 is 1. The Kier molecular flexibility index (Phi) is 6.62. The van der Waals surface area contributed by atoms with E-state index in [1.807, 2.05) is 37.3 Å². The number of nitrogens with one attached hydrogen (secondary N) is 1. The molecule has 4 aromatic rings. The average Bonchev–Trinajstić information content (AvgIpc) is 3.52. The summed E-state index contributed by atoms with van der Waals surface area (Å²) in [7, 11) is 1.32. The van der Waals surface area contributed by atoms with Crippen molar-refractivity contribution in [1.82, 2.24) is 10.2 Å². The number of amides is 1. The number of esters is 1. The lowest BCUT2D eigenvalue weighted by molar-refractivity contribution is -0.112. The molecule has 0 aliphatic carbocycles. The van der Waals surface area contributed by atoms with E-state index in [0.717, 1.165) is 16.7 Å². The molecule has 0 bridgehead atoms. The number of nitrogens with zero attached hydrogens (tertiary/aromatic N) is 3. The van der Waals surface area contributed by atoms with Crippen LogP contribution in [0.4, 0.5) is 5.13 Å². The number of carbonyl (C=O) groups is 2. The van der Waals surface area contributed by atoms with Crippen LogP contribution in [-0.2, 0) is 9.53 Å². The van der Waals surface area contributed by atoms with Gasteiger partial charge in [-0.05, 0) is 31.2 Å². The number of hydrogen-bond donors (Lipinski definition) is 1. The van der Waals surface area contributed by atoms with Crippen LogP contribution in [0.5, 0.6) is 0 Å². The predicted molar refractivity (Wildman–Crippen MR) is 128 cm³/mol. The second kappa shape index (κ2) is 9.94. The summed E-state index contributed by atoms with van der Waals surface area (Å²) in [5.74, 6) is -0.196. The Bertz CT molecular complexity index is 1410. The molecule has 0 aliphatic heterocycles. The van der Waals surface area contributed by atoms with Crippen molar-refractivity contribution in [2.24, 2.45) is 0 Å². The summed E-state index contributed by atoms with van der Waals surface area (Å²) in [4.78, 5) is 24.2. The lowest BCUT2D eigenvalue weighted by Gasteiger charge is -2.01. The lowest BCUT2D eigenvalue weighted by atomic mass is 10.1. The number of ether oxygens (including phenoxy) is 1. The van der Waals surface area contributed by atoms with Gasteiger partial charge >= 0.3 is 5.97 Å². The second-order valence-electron chi connectivity index (χ2n) is 7.17. The highest BCUT2D eigenvalue weighted by molar-refractivity contribution is 7.18. The first-order valence-corrected chi connectivity index (χ1v) is 10.9. The highest BCUT2D eigenvalue weighted by Gasteiger charge is 2.15. The van der Waals surface area contributed by atoms with Gasteiger partial charge in [0, 0.05) is 17.2 Å². The first kappa shape index (κ1) is 22.6. The summed E-state index contributed by atoms with van der Waals surface area (Å²) >= 11 is 1.21. The van der Waals surface area contributed by atoms with Gasteiger partial charge in [-0.3, -0.25) is 10.1 Å². The first-order chi connectivity index (χ1) is 16.5. The molecule has 2 heterocycles. The molecule has 0 saturated carbocycles. The van der Waals surface area contributed by atoms with E-state index >= 15 is 0 Å². The lowest BCUT2D eigenvalue weighted by Crippen LogP contribution is -2.13. The summed E-state index contributed by atoms with van der Waals surface area (Å²) < 4.78 is 10.4. The molecular weight excluding hydrogens is 452 g/mol. The molecule has 0 atom stereocenters. The Balaban J connectivity index is 1.47. The van der Waals surface area contributed by atoms with Crippen molar-refractivity contribution >= 4 is 34.4 Å². The van der Waals surface area contributed by atoms with E-state index in [4.69, 9.17) is 4.42 Å². The number of carbonyl (C=O) groups excluding carboxylic acids is 2. The number of furan rings is 1. The van der Waals surface area contributed by atoms with E-state index in [1.165, 1.54) is 24.5 Å². The Morgan fingerprint density at radius 2 is 1.74 bits per heavy atom. The monoisotopic (exact) mass is 470 g/mol. The van der Waals surface area contributed by atoms with Gasteiger partial charge < -0.3 is 9.15 Å². The van der Waals surface area contributed by atoms with Crippen LogP contribution in [0.25, 0.3) is 28.0 Å². The maximum Gasteiger partial charge on any atom is 0.337 e. The highest BCUT2D eigenvalue weighted by Crippen LogP contribution is 2.27. The number of rotatable bonds is 6. The number of hydrogen-bond acceptors (Lipinski definition) is 8. The summed E-state index contributed by atoms with van der Waals surface area (Å²) in [6, 6.07) is 19.7. The van der Waals surface area contributed by atoms with Gasteiger partial charge in [0.1, 0.15) is 28.2 Å². The highest BCUT2D eigenvalue weighted by atomic mass is 32.1. The quantitative estimate of drug-likeness (QED) is 0.236. The normalized spacial score (nSPS) is 11.0. The molecular formula is C25H18N4O4S. The van der Waals surface area contributed by atoms with Gasteiger partial charge in [0.2, 0.25) is 5.13 Å². The summed E-state index contributed by atoms with van der Waals surface area (Å²) in [5.41, 5.74) is 3.03. The zero-order valence-corrected chi connectivity index (χ0v) is 19.1. The third kappa shape index (κ3) is 5.09. The SMILES string of the molecule is COC(=O)c1ccc(-c2ccc(/C=C(/C#N)C(=O)Nc3nnc(-c4ccc(C)cc4)s3)o2)cc1.